The highest BCUT2D eigenvalue weighted by atomic mass is 35.5. The highest BCUT2D eigenvalue weighted by Crippen LogP contribution is 2.24. The number of phenolic OH excluding ortho intramolecular Hbond substituents is 1. The van der Waals surface area contributed by atoms with Gasteiger partial charge in [-0.1, -0.05) is 23.2 Å². The minimum atomic E-state index is 0.129. The van der Waals surface area contributed by atoms with E-state index in [1.54, 1.807) is 13.1 Å². The Labute approximate surface area is 123 Å². The molecule has 1 amide bonds. The van der Waals surface area contributed by atoms with Gasteiger partial charge in [-0.2, -0.15) is 0 Å². The summed E-state index contributed by atoms with van der Waals surface area (Å²) in [5.41, 5.74) is 0. The number of hydrogen-bond donors (Lipinski definition) is 2. The molecule has 0 unspecified atom stereocenters. The Hall–Kier alpha value is -0.970. The van der Waals surface area contributed by atoms with Gasteiger partial charge in [-0.3, -0.25) is 4.79 Å². The van der Waals surface area contributed by atoms with Crippen LogP contribution in [0.25, 0.3) is 0 Å². The van der Waals surface area contributed by atoms with E-state index in [4.69, 9.17) is 28.3 Å². The summed E-state index contributed by atoms with van der Waals surface area (Å²) in [6, 6.07) is 4.41. The zero-order chi connectivity index (χ0) is 14.3. The summed E-state index contributed by atoms with van der Waals surface area (Å²) < 4.78 is 0. The van der Waals surface area contributed by atoms with Crippen molar-refractivity contribution in [3.63, 3.8) is 0 Å². The number of nitrogens with zero attached hydrogens (tertiary/aromatic N) is 1. The van der Waals surface area contributed by atoms with Crippen LogP contribution < -0.4 is 5.32 Å². The average molecular weight is 305 g/mol. The third kappa shape index (κ3) is 5.68. The highest BCUT2D eigenvalue weighted by molar-refractivity contribution is 6.42. The first-order valence-corrected chi connectivity index (χ1v) is 6.86. The molecule has 1 saturated heterocycles. The van der Waals surface area contributed by atoms with Gasteiger partial charge >= 0.3 is 0 Å². The van der Waals surface area contributed by atoms with Crippen LogP contribution in [0.1, 0.15) is 12.8 Å². The lowest BCUT2D eigenvalue weighted by atomic mass is 10.3. The first-order valence-electron chi connectivity index (χ1n) is 6.11. The lowest BCUT2D eigenvalue weighted by Gasteiger charge is -2.13. The van der Waals surface area contributed by atoms with Crippen LogP contribution in [0.5, 0.6) is 5.75 Å². The van der Waals surface area contributed by atoms with E-state index < -0.39 is 0 Å². The SMILES string of the molecule is CNCC(=O)N1CCCC1.Oc1ccc(Cl)c(Cl)c1. The molecule has 1 aromatic carbocycles. The number of phenols is 1. The van der Waals surface area contributed by atoms with Gasteiger partial charge in [0.15, 0.2) is 0 Å². The van der Waals surface area contributed by atoms with Gasteiger partial charge in [-0.05, 0) is 38.1 Å². The number of carbonyl (C=O) groups excluding carboxylic acids is 1. The standard InChI is InChI=1S/C7H14N2O.C6H4Cl2O/c1-8-6-7(10)9-4-2-3-5-9;7-5-2-1-4(9)3-6(5)8/h8H,2-6H2,1H3;1-3,9H. The van der Waals surface area contributed by atoms with E-state index in [1.165, 1.54) is 25.0 Å². The zero-order valence-corrected chi connectivity index (χ0v) is 12.3. The van der Waals surface area contributed by atoms with Gasteiger partial charge in [0.25, 0.3) is 0 Å². The Morgan fingerprint density at radius 3 is 2.42 bits per heavy atom. The molecule has 0 bridgehead atoms. The van der Waals surface area contributed by atoms with Crippen LogP contribution >= 0.6 is 23.2 Å². The largest absolute Gasteiger partial charge is 0.508 e. The van der Waals surface area contributed by atoms with Crippen molar-refractivity contribution in [1.29, 1.82) is 0 Å². The van der Waals surface area contributed by atoms with Crippen LogP contribution in [0, 0.1) is 0 Å². The number of aromatic hydroxyl groups is 1. The lowest BCUT2D eigenvalue weighted by Crippen LogP contribution is -2.34. The second kappa shape index (κ2) is 8.25. The van der Waals surface area contributed by atoms with Crippen molar-refractivity contribution in [2.24, 2.45) is 0 Å². The summed E-state index contributed by atoms with van der Waals surface area (Å²) in [6.45, 7) is 2.40. The molecule has 106 valence electrons. The minimum absolute atomic E-state index is 0.129. The number of benzene rings is 1. The van der Waals surface area contributed by atoms with Crippen molar-refractivity contribution < 1.29 is 9.90 Å². The van der Waals surface area contributed by atoms with Gasteiger partial charge in [0.1, 0.15) is 5.75 Å². The van der Waals surface area contributed by atoms with E-state index in [0.717, 1.165) is 13.1 Å². The Balaban J connectivity index is 0.000000191. The van der Waals surface area contributed by atoms with Crippen LogP contribution in [0.15, 0.2) is 18.2 Å². The first kappa shape index (κ1) is 16.1. The summed E-state index contributed by atoms with van der Waals surface area (Å²) in [4.78, 5) is 13.0. The molecule has 1 aliphatic rings. The van der Waals surface area contributed by atoms with Gasteiger partial charge in [0, 0.05) is 13.1 Å². The highest BCUT2D eigenvalue weighted by Gasteiger charge is 2.15. The Morgan fingerprint density at radius 1 is 1.32 bits per heavy atom. The molecule has 6 heteroatoms. The molecule has 1 fully saturated rings. The molecule has 0 saturated carbocycles. The van der Waals surface area contributed by atoms with Crippen molar-refractivity contribution in [1.82, 2.24) is 10.2 Å². The Bertz CT molecular complexity index is 421. The number of carbonyl (C=O) groups is 1. The maximum Gasteiger partial charge on any atom is 0.236 e. The van der Waals surface area contributed by atoms with Gasteiger partial charge in [-0.25, -0.2) is 0 Å². The van der Waals surface area contributed by atoms with Gasteiger partial charge in [0.2, 0.25) is 5.91 Å². The molecule has 1 heterocycles. The second-order valence-electron chi connectivity index (χ2n) is 4.22. The third-order valence-electron chi connectivity index (χ3n) is 2.69. The fraction of sp³-hybridized carbons (Fsp3) is 0.462. The molecule has 2 rings (SSSR count). The molecule has 0 aliphatic carbocycles. The third-order valence-corrected chi connectivity index (χ3v) is 3.43. The minimum Gasteiger partial charge on any atom is -0.508 e. The summed E-state index contributed by atoms with van der Waals surface area (Å²) in [6.07, 6.45) is 2.35. The van der Waals surface area contributed by atoms with Crippen LogP contribution in [0.3, 0.4) is 0 Å². The van der Waals surface area contributed by atoms with Gasteiger partial charge in [0.05, 0.1) is 16.6 Å². The van der Waals surface area contributed by atoms with Crippen LogP contribution in [0.2, 0.25) is 10.0 Å². The summed E-state index contributed by atoms with van der Waals surface area (Å²) in [5.74, 6) is 0.365. The molecule has 19 heavy (non-hydrogen) atoms. The van der Waals surface area contributed by atoms with E-state index in [2.05, 4.69) is 5.32 Å². The Kier molecular flexibility index (Phi) is 6.99. The number of likely N-dealkylation sites (tertiary alicyclic amines) is 1. The molecule has 0 spiro atoms. The number of halogens is 2. The summed E-state index contributed by atoms with van der Waals surface area (Å²) in [5, 5.41) is 12.5. The Morgan fingerprint density at radius 2 is 1.95 bits per heavy atom. The molecule has 4 nitrogen and oxygen atoms in total. The monoisotopic (exact) mass is 304 g/mol. The smallest absolute Gasteiger partial charge is 0.236 e. The van der Waals surface area contributed by atoms with Crippen molar-refractivity contribution in [3.05, 3.63) is 28.2 Å². The van der Waals surface area contributed by atoms with Crippen molar-refractivity contribution in [2.75, 3.05) is 26.7 Å². The lowest BCUT2D eigenvalue weighted by molar-refractivity contribution is -0.129. The van der Waals surface area contributed by atoms with Crippen LogP contribution in [-0.2, 0) is 4.79 Å². The predicted octanol–water partition coefficient (Wildman–Crippen LogP) is 2.53. The van der Waals surface area contributed by atoms with Crippen LogP contribution in [-0.4, -0.2) is 42.6 Å². The quantitative estimate of drug-likeness (QED) is 0.883. The van der Waals surface area contributed by atoms with Crippen molar-refractivity contribution in [2.45, 2.75) is 12.8 Å². The maximum absolute atomic E-state index is 11.1. The van der Waals surface area contributed by atoms with Gasteiger partial charge < -0.3 is 15.3 Å². The molecule has 2 N–H and O–H groups in total. The summed E-state index contributed by atoms with van der Waals surface area (Å²) in [7, 11) is 1.80. The average Bonchev–Trinajstić information content (AvgIpc) is 2.89. The number of amides is 1. The molecule has 0 radical (unpaired) electrons. The molecular formula is C13H18Cl2N2O2. The van der Waals surface area contributed by atoms with E-state index in [1.807, 2.05) is 4.90 Å². The number of likely N-dealkylation sites (N-methyl/N-ethyl adjacent to an activating group) is 1. The van der Waals surface area contributed by atoms with E-state index >= 15 is 0 Å². The molecular weight excluding hydrogens is 287 g/mol. The normalized spacial score (nSPS) is 13.9. The fourth-order valence-electron chi connectivity index (χ4n) is 1.71. The number of nitrogens with one attached hydrogen (secondary N) is 1. The summed E-state index contributed by atoms with van der Waals surface area (Å²) >= 11 is 11.1. The van der Waals surface area contributed by atoms with Crippen LogP contribution in [0.4, 0.5) is 0 Å². The first-order chi connectivity index (χ1) is 9.04. The maximum atomic E-state index is 11.1. The van der Waals surface area contributed by atoms with Crippen molar-refractivity contribution in [3.8, 4) is 5.75 Å². The predicted molar refractivity (Wildman–Crippen MR) is 77.9 cm³/mol. The number of hydrogen-bond acceptors (Lipinski definition) is 3. The molecule has 1 aromatic rings. The second-order valence-corrected chi connectivity index (χ2v) is 5.03. The van der Waals surface area contributed by atoms with Crippen molar-refractivity contribution >= 4 is 29.1 Å². The van der Waals surface area contributed by atoms with Gasteiger partial charge in [-0.15, -0.1) is 0 Å². The molecule has 0 aromatic heterocycles. The fourth-order valence-corrected chi connectivity index (χ4v) is 2.01. The van der Waals surface area contributed by atoms with E-state index in [0.29, 0.717) is 16.6 Å². The number of rotatable bonds is 2. The van der Waals surface area contributed by atoms with E-state index in [9.17, 15) is 4.79 Å². The molecule has 1 aliphatic heterocycles. The topological polar surface area (TPSA) is 52.6 Å². The zero-order valence-electron chi connectivity index (χ0n) is 10.8. The van der Waals surface area contributed by atoms with E-state index in [-0.39, 0.29) is 11.7 Å². The molecule has 0 atom stereocenters.